The number of hydrogen-bond acceptors (Lipinski definition) is 10. The number of carbonyl (C=O) groups is 1. The van der Waals surface area contributed by atoms with Crippen molar-refractivity contribution in [3.05, 3.63) is 0 Å². The van der Waals surface area contributed by atoms with E-state index < -0.39 is 44.8 Å². The first-order chi connectivity index (χ1) is 14.8. The van der Waals surface area contributed by atoms with Crippen LogP contribution in [-0.4, -0.2) is 77.2 Å². The van der Waals surface area contributed by atoms with E-state index in [4.69, 9.17) is 18.3 Å². The highest BCUT2D eigenvalue weighted by Gasteiger charge is 2.37. The van der Waals surface area contributed by atoms with Gasteiger partial charge in [-0.1, -0.05) is 41.5 Å². The number of carbonyl (C=O) groups excluding carboxylic acids is 1. The maximum Gasteiger partial charge on any atom is 0.474 e. The number of phosphoric acid groups is 1. The lowest BCUT2D eigenvalue weighted by atomic mass is 10.0. The largest absolute Gasteiger partial charge is 0.474 e. The van der Waals surface area contributed by atoms with E-state index in [-0.39, 0.29) is 25.7 Å². The van der Waals surface area contributed by atoms with Gasteiger partial charge in [0.25, 0.3) is 0 Å². The molecule has 0 aromatic rings. The van der Waals surface area contributed by atoms with Crippen LogP contribution in [0.5, 0.6) is 0 Å². The highest BCUT2D eigenvalue weighted by molar-refractivity contribution is 7.48. The van der Waals surface area contributed by atoms with E-state index in [0.717, 1.165) is 0 Å². The third-order valence-electron chi connectivity index (χ3n) is 4.54. The Morgan fingerprint density at radius 3 is 1.59 bits per heavy atom. The zero-order valence-electron chi connectivity index (χ0n) is 20.2. The van der Waals surface area contributed by atoms with Crippen molar-refractivity contribution < 1.29 is 48.1 Å². The Labute approximate surface area is 191 Å². The van der Waals surface area contributed by atoms with Gasteiger partial charge in [0, 0.05) is 0 Å². The summed E-state index contributed by atoms with van der Waals surface area (Å²) in [4.78, 5) is 11.8. The van der Waals surface area contributed by atoms with Crippen molar-refractivity contribution in [2.45, 2.75) is 85.2 Å². The third kappa shape index (κ3) is 13.9. The highest BCUT2D eigenvalue weighted by Crippen LogP contribution is 2.50. The van der Waals surface area contributed by atoms with E-state index in [0.29, 0.717) is 31.1 Å². The van der Waals surface area contributed by atoms with Crippen molar-refractivity contribution in [3.63, 3.8) is 0 Å². The molecule has 0 saturated heterocycles. The van der Waals surface area contributed by atoms with E-state index in [1.54, 1.807) is 0 Å². The van der Waals surface area contributed by atoms with Crippen LogP contribution < -0.4 is 0 Å². The number of phosphoric ester groups is 1. The Morgan fingerprint density at radius 1 is 0.719 bits per heavy atom. The summed E-state index contributed by atoms with van der Waals surface area (Å²) in [7, 11) is -4.03. The first kappa shape index (κ1) is 31.4. The van der Waals surface area contributed by atoms with Crippen LogP contribution in [0.1, 0.15) is 60.8 Å². The summed E-state index contributed by atoms with van der Waals surface area (Å²) >= 11 is 0. The SMILES string of the molecule is CC(C)CCOC(=O)[C@H](O)[C@@H](O)[C@H](O)[C@H](O)COP(=O)(OCCC(C)C)OCCC(C)C. The van der Waals surface area contributed by atoms with Crippen molar-refractivity contribution in [2.75, 3.05) is 26.4 Å². The average Bonchev–Trinajstić information content (AvgIpc) is 2.69. The molecule has 32 heavy (non-hydrogen) atoms. The molecule has 0 spiro atoms. The van der Waals surface area contributed by atoms with Crippen LogP contribution in [0, 0.1) is 17.8 Å². The summed E-state index contributed by atoms with van der Waals surface area (Å²) in [6.07, 6.45) is -6.07. The second-order valence-corrected chi connectivity index (χ2v) is 10.8. The van der Waals surface area contributed by atoms with Crippen molar-refractivity contribution >= 4 is 13.8 Å². The molecule has 4 atom stereocenters. The van der Waals surface area contributed by atoms with Gasteiger partial charge < -0.3 is 25.2 Å². The molecular weight excluding hydrogens is 443 g/mol. The molecule has 0 aliphatic carbocycles. The molecule has 4 N–H and O–H groups in total. The quantitative estimate of drug-likeness (QED) is 0.168. The van der Waals surface area contributed by atoms with Crippen molar-refractivity contribution in [3.8, 4) is 0 Å². The van der Waals surface area contributed by atoms with Gasteiger partial charge in [0.15, 0.2) is 6.10 Å². The van der Waals surface area contributed by atoms with E-state index in [2.05, 4.69) is 0 Å². The minimum Gasteiger partial charge on any atom is -0.464 e. The molecule has 0 amide bonds. The van der Waals surface area contributed by atoms with Crippen LogP contribution in [0.15, 0.2) is 0 Å². The van der Waals surface area contributed by atoms with Crippen LogP contribution in [0.25, 0.3) is 0 Å². The standard InChI is InChI=1S/C21H43O10P/c1-14(2)7-10-28-21(26)20(25)19(24)18(23)17(22)13-31-32(27,29-11-8-15(3)4)30-12-9-16(5)6/h14-20,22-25H,7-13H2,1-6H3/t17-,18-,19+,20-/m1/s1. The van der Waals surface area contributed by atoms with Gasteiger partial charge in [0.05, 0.1) is 26.4 Å². The van der Waals surface area contributed by atoms with Gasteiger partial charge >= 0.3 is 13.8 Å². The van der Waals surface area contributed by atoms with E-state index >= 15 is 0 Å². The number of aliphatic hydroxyl groups excluding tert-OH is 4. The lowest BCUT2D eigenvalue weighted by Gasteiger charge is -2.26. The molecule has 0 saturated carbocycles. The Morgan fingerprint density at radius 2 is 1.16 bits per heavy atom. The third-order valence-corrected chi connectivity index (χ3v) is 6.00. The smallest absolute Gasteiger partial charge is 0.464 e. The minimum atomic E-state index is -4.03. The maximum absolute atomic E-state index is 12.8. The van der Waals surface area contributed by atoms with Crippen LogP contribution in [-0.2, 0) is 27.7 Å². The average molecular weight is 487 g/mol. The van der Waals surface area contributed by atoms with Gasteiger partial charge in [0.1, 0.15) is 18.3 Å². The topological polar surface area (TPSA) is 152 Å². The maximum atomic E-state index is 12.8. The number of rotatable bonds is 18. The number of hydrogen-bond donors (Lipinski definition) is 4. The lowest BCUT2D eigenvalue weighted by Crippen LogP contribution is -2.49. The van der Waals surface area contributed by atoms with Gasteiger partial charge in [-0.05, 0) is 37.0 Å². The first-order valence-corrected chi connectivity index (χ1v) is 12.7. The predicted molar refractivity (Wildman–Crippen MR) is 119 cm³/mol. The second kappa shape index (κ2) is 16.1. The fraction of sp³-hybridized carbons (Fsp3) is 0.952. The second-order valence-electron chi connectivity index (χ2n) is 9.12. The molecule has 0 aromatic heterocycles. The van der Waals surface area contributed by atoms with E-state index in [9.17, 15) is 29.8 Å². The summed E-state index contributed by atoms with van der Waals surface area (Å²) in [5, 5.41) is 40.1. The number of aliphatic hydroxyl groups is 4. The Bertz CT molecular complexity index is 537. The molecule has 0 heterocycles. The molecule has 0 aromatic carbocycles. The Kier molecular flexibility index (Phi) is 15.8. The molecule has 0 bridgehead atoms. The Hall–Kier alpha value is -0.580. The molecule has 0 rings (SSSR count). The summed E-state index contributed by atoms with van der Waals surface area (Å²) in [5.41, 5.74) is 0. The molecular formula is C21H43O10P. The molecule has 11 heteroatoms. The summed E-state index contributed by atoms with van der Waals surface area (Å²) in [6.45, 7) is 11.3. The summed E-state index contributed by atoms with van der Waals surface area (Å²) in [6, 6.07) is 0. The fourth-order valence-corrected chi connectivity index (χ4v) is 3.43. The normalized spacial score (nSPS) is 16.4. The zero-order chi connectivity index (χ0) is 24.9. The minimum absolute atomic E-state index is 0.0483. The molecule has 0 radical (unpaired) electrons. The molecule has 0 unspecified atom stereocenters. The summed E-state index contributed by atoms with van der Waals surface area (Å²) < 4.78 is 33.4. The van der Waals surface area contributed by atoms with Crippen molar-refractivity contribution in [1.29, 1.82) is 0 Å². The van der Waals surface area contributed by atoms with Crippen molar-refractivity contribution in [2.24, 2.45) is 17.8 Å². The Balaban J connectivity index is 4.81. The van der Waals surface area contributed by atoms with E-state index in [1.165, 1.54) is 0 Å². The van der Waals surface area contributed by atoms with Gasteiger partial charge in [-0.25, -0.2) is 9.36 Å². The van der Waals surface area contributed by atoms with Gasteiger partial charge in [-0.15, -0.1) is 0 Å². The molecule has 192 valence electrons. The first-order valence-electron chi connectivity index (χ1n) is 11.2. The van der Waals surface area contributed by atoms with Crippen molar-refractivity contribution in [1.82, 2.24) is 0 Å². The fourth-order valence-electron chi connectivity index (χ4n) is 2.21. The van der Waals surface area contributed by atoms with Gasteiger partial charge in [-0.2, -0.15) is 0 Å². The predicted octanol–water partition coefficient (Wildman–Crippen LogP) is 2.27. The monoisotopic (exact) mass is 486 g/mol. The molecule has 0 aliphatic rings. The number of ether oxygens (including phenoxy) is 1. The van der Waals surface area contributed by atoms with Crippen LogP contribution in [0.3, 0.4) is 0 Å². The highest BCUT2D eigenvalue weighted by atomic mass is 31.2. The van der Waals surface area contributed by atoms with Gasteiger partial charge in [-0.3, -0.25) is 13.6 Å². The molecule has 10 nitrogen and oxygen atoms in total. The van der Waals surface area contributed by atoms with Crippen LogP contribution in [0.2, 0.25) is 0 Å². The summed E-state index contributed by atoms with van der Waals surface area (Å²) in [5.74, 6) is -0.257. The van der Waals surface area contributed by atoms with Crippen LogP contribution in [0.4, 0.5) is 0 Å². The molecule has 0 fully saturated rings. The van der Waals surface area contributed by atoms with Gasteiger partial charge in [0.2, 0.25) is 0 Å². The molecule has 0 aliphatic heterocycles. The van der Waals surface area contributed by atoms with Crippen LogP contribution >= 0.6 is 7.82 Å². The van der Waals surface area contributed by atoms with E-state index in [1.807, 2.05) is 41.5 Å². The lowest BCUT2D eigenvalue weighted by molar-refractivity contribution is -0.170. The number of esters is 1. The zero-order valence-corrected chi connectivity index (χ0v) is 21.1.